The smallest absolute Gasteiger partial charge is 0.298 e. The average Bonchev–Trinajstić information content (AvgIpc) is 2.13. The lowest BCUT2D eigenvalue weighted by Gasteiger charge is -2.08. The van der Waals surface area contributed by atoms with Crippen molar-refractivity contribution in [2.45, 2.75) is 16.8 Å². The van der Waals surface area contributed by atoms with Crippen LogP contribution in [0.4, 0.5) is 13.2 Å². The fourth-order valence-electron chi connectivity index (χ4n) is 1.19. The van der Waals surface area contributed by atoms with E-state index in [0.717, 1.165) is 0 Å². The second-order valence-electron chi connectivity index (χ2n) is 3.19. The molecule has 0 amide bonds. The standard InChI is InChI=1S/C10H7BrF3IOS/c11-5-8(16)2-6-1-7(15)4-9(3-6)17-10(12,13)14/h1,3-4H,2,5H2. The van der Waals surface area contributed by atoms with E-state index in [1.165, 1.54) is 12.1 Å². The quantitative estimate of drug-likeness (QED) is 0.393. The Morgan fingerprint density at radius 3 is 2.53 bits per heavy atom. The Bertz CT molecular complexity index is 423. The number of alkyl halides is 4. The molecular formula is C10H7BrF3IOS. The third-order valence-electron chi connectivity index (χ3n) is 1.72. The maximum Gasteiger partial charge on any atom is 0.446 e. The first-order valence-electron chi connectivity index (χ1n) is 4.43. The number of rotatable bonds is 4. The van der Waals surface area contributed by atoms with Crippen molar-refractivity contribution in [1.29, 1.82) is 0 Å². The molecule has 0 aliphatic heterocycles. The van der Waals surface area contributed by atoms with Gasteiger partial charge in [0.15, 0.2) is 0 Å². The lowest BCUT2D eigenvalue weighted by molar-refractivity contribution is -0.115. The van der Waals surface area contributed by atoms with E-state index in [1.54, 1.807) is 6.07 Å². The van der Waals surface area contributed by atoms with Crippen molar-refractivity contribution in [3.05, 3.63) is 27.3 Å². The van der Waals surface area contributed by atoms with Crippen molar-refractivity contribution in [2.75, 3.05) is 5.33 Å². The first-order chi connectivity index (χ1) is 7.80. The zero-order valence-corrected chi connectivity index (χ0v) is 12.9. The van der Waals surface area contributed by atoms with Crippen molar-refractivity contribution in [1.82, 2.24) is 0 Å². The monoisotopic (exact) mass is 438 g/mol. The van der Waals surface area contributed by atoms with Crippen LogP contribution in [0.1, 0.15) is 5.56 Å². The number of carbonyl (C=O) groups excluding carboxylic acids is 1. The predicted molar refractivity (Wildman–Crippen MR) is 73.6 cm³/mol. The van der Waals surface area contributed by atoms with E-state index >= 15 is 0 Å². The van der Waals surface area contributed by atoms with Gasteiger partial charge >= 0.3 is 5.51 Å². The van der Waals surface area contributed by atoms with Crippen molar-refractivity contribution in [2.24, 2.45) is 0 Å². The van der Waals surface area contributed by atoms with Crippen LogP contribution in [0.3, 0.4) is 0 Å². The third kappa shape index (κ3) is 6.10. The van der Waals surface area contributed by atoms with Crippen LogP contribution in [0.2, 0.25) is 0 Å². The molecule has 0 aromatic heterocycles. The molecule has 0 bridgehead atoms. The maximum absolute atomic E-state index is 12.2. The summed E-state index contributed by atoms with van der Waals surface area (Å²) < 4.78 is 37.3. The fourth-order valence-corrected chi connectivity index (χ4v) is 3.00. The molecule has 0 radical (unpaired) electrons. The minimum atomic E-state index is -4.30. The van der Waals surface area contributed by atoms with Gasteiger partial charge in [0.25, 0.3) is 0 Å². The summed E-state index contributed by atoms with van der Waals surface area (Å²) in [4.78, 5) is 11.3. The van der Waals surface area contributed by atoms with Crippen LogP contribution in [0, 0.1) is 3.57 Å². The highest BCUT2D eigenvalue weighted by Crippen LogP contribution is 2.37. The van der Waals surface area contributed by atoms with Gasteiger partial charge < -0.3 is 0 Å². The van der Waals surface area contributed by atoms with E-state index in [1.807, 2.05) is 22.6 Å². The largest absolute Gasteiger partial charge is 0.446 e. The number of ketones is 1. The normalized spacial score (nSPS) is 11.6. The van der Waals surface area contributed by atoms with E-state index in [4.69, 9.17) is 0 Å². The minimum Gasteiger partial charge on any atom is -0.298 e. The maximum atomic E-state index is 12.2. The van der Waals surface area contributed by atoms with E-state index in [9.17, 15) is 18.0 Å². The zero-order chi connectivity index (χ0) is 13.1. The first kappa shape index (κ1) is 15.3. The molecule has 1 aromatic rings. The Morgan fingerprint density at radius 2 is 2.00 bits per heavy atom. The summed E-state index contributed by atoms with van der Waals surface area (Å²) in [7, 11) is 0. The lowest BCUT2D eigenvalue weighted by Crippen LogP contribution is -2.04. The Kier molecular flexibility index (Phi) is 5.78. The van der Waals surface area contributed by atoms with Crippen LogP contribution >= 0.6 is 50.3 Å². The SMILES string of the molecule is O=C(CBr)Cc1cc(I)cc(SC(F)(F)F)c1. The van der Waals surface area contributed by atoms with Crippen molar-refractivity contribution >= 4 is 56.1 Å². The van der Waals surface area contributed by atoms with Gasteiger partial charge in [0.1, 0.15) is 5.78 Å². The van der Waals surface area contributed by atoms with Gasteiger partial charge in [-0.3, -0.25) is 4.79 Å². The highest BCUT2D eigenvalue weighted by atomic mass is 127. The molecule has 0 aliphatic carbocycles. The molecule has 1 rings (SSSR count). The molecule has 0 saturated heterocycles. The van der Waals surface area contributed by atoms with Crippen molar-refractivity contribution in [3.63, 3.8) is 0 Å². The van der Waals surface area contributed by atoms with E-state index in [2.05, 4.69) is 15.9 Å². The van der Waals surface area contributed by atoms with Crippen LogP contribution in [0.15, 0.2) is 23.1 Å². The van der Waals surface area contributed by atoms with Gasteiger partial charge in [-0.1, -0.05) is 15.9 Å². The third-order valence-corrected chi connectivity index (χ3v) is 3.67. The molecule has 0 aliphatic rings. The molecule has 0 saturated carbocycles. The van der Waals surface area contributed by atoms with Crippen LogP contribution in [-0.4, -0.2) is 16.6 Å². The number of thioether (sulfide) groups is 1. The molecule has 7 heteroatoms. The van der Waals surface area contributed by atoms with Gasteiger partial charge in [0.2, 0.25) is 0 Å². The average molecular weight is 439 g/mol. The molecule has 0 spiro atoms. The highest BCUT2D eigenvalue weighted by molar-refractivity contribution is 14.1. The van der Waals surface area contributed by atoms with Gasteiger partial charge in [0, 0.05) is 14.9 Å². The summed E-state index contributed by atoms with van der Waals surface area (Å²) in [5.41, 5.74) is -3.70. The van der Waals surface area contributed by atoms with Crippen LogP contribution in [-0.2, 0) is 11.2 Å². The molecular weight excluding hydrogens is 432 g/mol. The van der Waals surface area contributed by atoms with Gasteiger partial charge in [-0.05, 0) is 58.1 Å². The van der Waals surface area contributed by atoms with Crippen molar-refractivity contribution in [3.8, 4) is 0 Å². The minimum absolute atomic E-state index is 0.0602. The summed E-state index contributed by atoms with van der Waals surface area (Å²) in [5, 5.41) is 0.209. The Morgan fingerprint density at radius 1 is 1.35 bits per heavy atom. The summed E-state index contributed by atoms with van der Waals surface area (Å²) >= 11 is 4.80. The van der Waals surface area contributed by atoms with Crippen LogP contribution in [0.25, 0.3) is 0 Å². The lowest BCUT2D eigenvalue weighted by atomic mass is 10.1. The highest BCUT2D eigenvalue weighted by Gasteiger charge is 2.29. The van der Waals surface area contributed by atoms with Crippen LogP contribution in [0.5, 0.6) is 0 Å². The predicted octanol–water partition coefficient (Wildman–Crippen LogP) is 4.41. The number of halogens is 5. The molecule has 0 atom stereocenters. The van der Waals surface area contributed by atoms with E-state index < -0.39 is 5.51 Å². The first-order valence-corrected chi connectivity index (χ1v) is 7.44. The number of hydrogen-bond acceptors (Lipinski definition) is 2. The Balaban J connectivity index is 2.90. The molecule has 0 unspecified atom stereocenters. The Hall–Kier alpha value is 0.240. The molecule has 1 aromatic carbocycles. The number of carbonyl (C=O) groups is 1. The second-order valence-corrected chi connectivity index (χ2v) is 6.14. The second kappa shape index (κ2) is 6.42. The van der Waals surface area contributed by atoms with E-state index in [-0.39, 0.29) is 34.2 Å². The summed E-state index contributed by atoms with van der Waals surface area (Å²) in [6.45, 7) is 0. The molecule has 17 heavy (non-hydrogen) atoms. The summed E-state index contributed by atoms with van der Waals surface area (Å²) in [6.07, 6.45) is 0.146. The Labute approximate surface area is 123 Å². The summed E-state index contributed by atoms with van der Waals surface area (Å²) in [6, 6.07) is 4.56. The molecule has 0 heterocycles. The number of hydrogen-bond donors (Lipinski definition) is 0. The van der Waals surface area contributed by atoms with Crippen LogP contribution < -0.4 is 0 Å². The van der Waals surface area contributed by atoms with Gasteiger partial charge in [-0.2, -0.15) is 13.2 Å². The van der Waals surface area contributed by atoms with Crippen molar-refractivity contribution < 1.29 is 18.0 Å². The molecule has 94 valence electrons. The molecule has 0 fully saturated rings. The topological polar surface area (TPSA) is 17.1 Å². The zero-order valence-electron chi connectivity index (χ0n) is 8.35. The molecule has 1 nitrogen and oxygen atoms in total. The number of Topliss-reactive ketones (excluding diaryl/α,β-unsaturated/α-hetero) is 1. The number of benzene rings is 1. The molecule has 0 N–H and O–H groups in total. The summed E-state index contributed by atoms with van der Waals surface area (Å²) in [5.74, 6) is -0.0602. The van der Waals surface area contributed by atoms with Gasteiger partial charge in [0.05, 0.1) is 5.33 Å². The van der Waals surface area contributed by atoms with Gasteiger partial charge in [-0.25, -0.2) is 0 Å². The fraction of sp³-hybridized carbons (Fsp3) is 0.300. The van der Waals surface area contributed by atoms with E-state index in [0.29, 0.717) is 9.13 Å². The van der Waals surface area contributed by atoms with Gasteiger partial charge in [-0.15, -0.1) is 0 Å².